The predicted molar refractivity (Wildman–Crippen MR) is 115 cm³/mol. The summed E-state index contributed by atoms with van der Waals surface area (Å²) in [6.07, 6.45) is 4.64. The average Bonchev–Trinajstić information content (AvgIpc) is 3.46. The van der Waals surface area contributed by atoms with E-state index >= 15 is 0 Å². The summed E-state index contributed by atoms with van der Waals surface area (Å²) in [6, 6.07) is 17.2. The van der Waals surface area contributed by atoms with Crippen molar-refractivity contribution in [1.29, 1.82) is 5.26 Å². The highest BCUT2D eigenvalue weighted by Gasteiger charge is 2.14. The Morgan fingerprint density at radius 2 is 1.94 bits per heavy atom. The van der Waals surface area contributed by atoms with Gasteiger partial charge in [0.2, 0.25) is 5.69 Å². The molecule has 0 amide bonds. The third-order valence-electron chi connectivity index (χ3n) is 4.46. The zero-order valence-electron chi connectivity index (χ0n) is 16.8. The molecular weight excluding hydrogens is 396 g/mol. The zero-order chi connectivity index (χ0) is 21.6. The summed E-state index contributed by atoms with van der Waals surface area (Å²) in [7, 11) is 3.17. The summed E-state index contributed by atoms with van der Waals surface area (Å²) < 4.78 is 17.7. The first-order valence-corrected chi connectivity index (χ1v) is 9.23. The van der Waals surface area contributed by atoms with Crippen LogP contribution in [-0.2, 0) is 0 Å². The molecular formula is C22H18N6O3. The lowest BCUT2D eigenvalue weighted by molar-refractivity contribution is 0.355. The number of aromatic nitrogens is 3. The van der Waals surface area contributed by atoms with Crippen molar-refractivity contribution in [1.82, 2.24) is 14.8 Å². The van der Waals surface area contributed by atoms with E-state index in [0.29, 0.717) is 17.2 Å². The number of benzene rings is 2. The molecule has 0 aliphatic carbocycles. The minimum atomic E-state index is 0.122. The molecule has 0 fully saturated rings. The second-order valence-electron chi connectivity index (χ2n) is 6.29. The normalized spacial score (nSPS) is 10.7. The van der Waals surface area contributed by atoms with Gasteiger partial charge in [-0.2, -0.15) is 15.5 Å². The van der Waals surface area contributed by atoms with E-state index < -0.39 is 0 Å². The third kappa shape index (κ3) is 4.09. The van der Waals surface area contributed by atoms with E-state index in [2.05, 4.69) is 15.5 Å². The van der Waals surface area contributed by atoms with Crippen LogP contribution in [0, 0.1) is 11.3 Å². The van der Waals surface area contributed by atoms with Crippen molar-refractivity contribution < 1.29 is 13.9 Å². The van der Waals surface area contributed by atoms with Crippen LogP contribution in [0.15, 0.2) is 70.6 Å². The van der Waals surface area contributed by atoms with Crippen molar-refractivity contribution in [2.75, 3.05) is 19.6 Å². The van der Waals surface area contributed by atoms with E-state index in [1.54, 1.807) is 25.1 Å². The van der Waals surface area contributed by atoms with E-state index in [-0.39, 0.29) is 11.6 Å². The minimum absolute atomic E-state index is 0.122. The monoisotopic (exact) mass is 414 g/mol. The topological polar surface area (TPSA) is 110 Å². The molecule has 0 aliphatic heterocycles. The third-order valence-corrected chi connectivity index (χ3v) is 4.46. The van der Waals surface area contributed by atoms with Crippen LogP contribution in [0.2, 0.25) is 0 Å². The number of oxazole rings is 1. The molecule has 0 saturated carbocycles. The van der Waals surface area contributed by atoms with Gasteiger partial charge in [0.1, 0.15) is 11.8 Å². The summed E-state index contributed by atoms with van der Waals surface area (Å²) >= 11 is 0. The Kier molecular flexibility index (Phi) is 5.62. The lowest BCUT2D eigenvalue weighted by Crippen LogP contribution is -1.95. The first-order valence-electron chi connectivity index (χ1n) is 9.23. The molecule has 4 rings (SSSR count). The quantitative estimate of drug-likeness (QED) is 0.361. The van der Waals surface area contributed by atoms with E-state index in [1.165, 1.54) is 6.39 Å². The highest BCUT2D eigenvalue weighted by molar-refractivity contribution is 5.89. The van der Waals surface area contributed by atoms with E-state index in [0.717, 1.165) is 16.8 Å². The first kappa shape index (κ1) is 19.7. The number of nitriles is 1. The van der Waals surface area contributed by atoms with Crippen LogP contribution in [0.5, 0.6) is 11.5 Å². The number of nitrogens with one attached hydrogen (secondary N) is 1. The van der Waals surface area contributed by atoms with Gasteiger partial charge in [-0.05, 0) is 30.3 Å². The van der Waals surface area contributed by atoms with Gasteiger partial charge in [-0.25, -0.2) is 15.1 Å². The van der Waals surface area contributed by atoms with Crippen LogP contribution < -0.4 is 14.9 Å². The molecule has 9 nitrogen and oxygen atoms in total. The lowest BCUT2D eigenvalue weighted by Gasteiger charge is -2.09. The number of nitrogens with zero attached hydrogens (tertiary/aromatic N) is 5. The maximum atomic E-state index is 9.04. The second kappa shape index (κ2) is 8.84. The van der Waals surface area contributed by atoms with Crippen molar-refractivity contribution in [3.63, 3.8) is 0 Å². The smallest absolute Gasteiger partial charge is 0.251 e. The molecule has 2 aromatic heterocycles. The number of rotatable bonds is 7. The number of hydrazone groups is 1. The van der Waals surface area contributed by atoms with E-state index in [4.69, 9.17) is 24.3 Å². The van der Waals surface area contributed by atoms with Crippen LogP contribution in [0.4, 0.5) is 5.88 Å². The van der Waals surface area contributed by atoms with Gasteiger partial charge < -0.3 is 13.9 Å². The Bertz CT molecular complexity index is 1250. The number of anilines is 1. The fraction of sp³-hybridized carbons (Fsp3) is 0.0909. The summed E-state index contributed by atoms with van der Waals surface area (Å²) in [5.41, 5.74) is 5.97. The van der Waals surface area contributed by atoms with Crippen LogP contribution in [0.25, 0.3) is 16.9 Å². The van der Waals surface area contributed by atoms with Crippen molar-refractivity contribution in [2.24, 2.45) is 5.10 Å². The molecule has 0 saturated heterocycles. The second-order valence-corrected chi connectivity index (χ2v) is 6.29. The molecule has 2 heterocycles. The number of para-hydroxylation sites is 1. The molecule has 9 heteroatoms. The van der Waals surface area contributed by atoms with Gasteiger partial charge in [0.05, 0.1) is 26.1 Å². The summed E-state index contributed by atoms with van der Waals surface area (Å²) in [6.45, 7) is 0. The van der Waals surface area contributed by atoms with Gasteiger partial charge in [-0.1, -0.05) is 18.2 Å². The summed E-state index contributed by atoms with van der Waals surface area (Å²) in [5, 5.41) is 18.0. The molecule has 4 aromatic rings. The minimum Gasteiger partial charge on any atom is -0.493 e. The Labute approximate surface area is 178 Å². The summed E-state index contributed by atoms with van der Waals surface area (Å²) in [4.78, 5) is 3.80. The molecule has 2 aromatic carbocycles. The fourth-order valence-electron chi connectivity index (χ4n) is 2.97. The Balaban J connectivity index is 1.74. The Morgan fingerprint density at radius 3 is 2.68 bits per heavy atom. The SMILES string of the molecule is COc1ccc(-c2nn(-c3ccccc3)cc2/C=N/Nc2ocnc2C#N)cc1OC. The predicted octanol–water partition coefficient (Wildman–Crippen LogP) is 3.86. The van der Waals surface area contributed by atoms with Gasteiger partial charge in [-0.3, -0.25) is 0 Å². The maximum absolute atomic E-state index is 9.04. The number of methoxy groups -OCH3 is 2. The number of hydrogen-bond donors (Lipinski definition) is 1. The molecule has 0 bridgehead atoms. The molecule has 0 spiro atoms. The summed E-state index contributed by atoms with van der Waals surface area (Å²) in [5.74, 6) is 1.39. The Morgan fingerprint density at radius 1 is 1.13 bits per heavy atom. The van der Waals surface area contributed by atoms with Gasteiger partial charge in [0, 0.05) is 17.3 Å². The highest BCUT2D eigenvalue weighted by atomic mass is 16.5. The molecule has 1 N–H and O–H groups in total. The molecule has 31 heavy (non-hydrogen) atoms. The van der Waals surface area contributed by atoms with Crippen molar-refractivity contribution in [3.05, 3.63) is 72.4 Å². The first-order chi connectivity index (χ1) is 15.2. The molecule has 0 aliphatic rings. The number of ether oxygens (including phenoxy) is 2. The van der Waals surface area contributed by atoms with E-state index in [9.17, 15) is 0 Å². The largest absolute Gasteiger partial charge is 0.493 e. The fourth-order valence-corrected chi connectivity index (χ4v) is 2.97. The van der Waals surface area contributed by atoms with Gasteiger partial charge in [-0.15, -0.1) is 0 Å². The van der Waals surface area contributed by atoms with Crippen molar-refractivity contribution in [2.45, 2.75) is 0 Å². The molecule has 0 atom stereocenters. The zero-order valence-corrected chi connectivity index (χ0v) is 16.8. The Hall–Kier alpha value is -4.58. The number of hydrogen-bond acceptors (Lipinski definition) is 8. The van der Waals surface area contributed by atoms with Crippen LogP contribution >= 0.6 is 0 Å². The standard InChI is InChI=1S/C22H18N6O3/c1-29-19-9-8-15(10-20(19)30-2)21-16(12-25-26-22-18(11-23)24-14-31-22)13-28(27-21)17-6-4-3-5-7-17/h3-10,12-14,26H,1-2H3/b25-12+. The average molecular weight is 414 g/mol. The van der Waals surface area contributed by atoms with Gasteiger partial charge >= 0.3 is 0 Å². The highest BCUT2D eigenvalue weighted by Crippen LogP contribution is 2.33. The lowest BCUT2D eigenvalue weighted by atomic mass is 10.1. The maximum Gasteiger partial charge on any atom is 0.251 e. The molecule has 0 unspecified atom stereocenters. The van der Waals surface area contributed by atoms with Crippen LogP contribution in [-0.4, -0.2) is 35.2 Å². The molecule has 154 valence electrons. The van der Waals surface area contributed by atoms with Crippen LogP contribution in [0.1, 0.15) is 11.3 Å². The van der Waals surface area contributed by atoms with Crippen LogP contribution in [0.3, 0.4) is 0 Å². The van der Waals surface area contributed by atoms with Gasteiger partial charge in [0.15, 0.2) is 17.9 Å². The van der Waals surface area contributed by atoms with E-state index in [1.807, 2.05) is 60.8 Å². The van der Waals surface area contributed by atoms with Crippen molar-refractivity contribution >= 4 is 12.1 Å². The van der Waals surface area contributed by atoms with Crippen molar-refractivity contribution in [3.8, 4) is 34.5 Å². The molecule has 0 radical (unpaired) electrons. The van der Waals surface area contributed by atoms with Gasteiger partial charge in [0.25, 0.3) is 5.88 Å².